The van der Waals surface area contributed by atoms with Crippen LogP contribution in [0.15, 0.2) is 51.7 Å². The van der Waals surface area contributed by atoms with Crippen LogP contribution < -0.4 is 5.43 Å². The number of nitrogens with zero attached hydrogens (tertiary/aromatic N) is 2. The third-order valence-electron chi connectivity index (χ3n) is 6.05. The van der Waals surface area contributed by atoms with Gasteiger partial charge in [0.2, 0.25) is 5.78 Å². The first-order valence-corrected chi connectivity index (χ1v) is 11.8. The molecule has 4 aromatic rings. The summed E-state index contributed by atoms with van der Waals surface area (Å²) in [5, 5.41) is 10.8. The van der Waals surface area contributed by atoms with Crippen molar-refractivity contribution in [2.24, 2.45) is 0 Å². The molecule has 1 aliphatic rings. The minimum Gasteiger partial charge on any atom is -0.452 e. The van der Waals surface area contributed by atoms with E-state index in [-0.39, 0.29) is 17.0 Å². The van der Waals surface area contributed by atoms with Crippen LogP contribution in [-0.4, -0.2) is 16.0 Å². The Labute approximate surface area is 194 Å². The second-order valence-electron chi connectivity index (χ2n) is 8.34. The van der Waals surface area contributed by atoms with E-state index in [1.54, 1.807) is 18.2 Å². The van der Waals surface area contributed by atoms with E-state index >= 15 is 0 Å². The lowest BCUT2D eigenvalue weighted by Crippen LogP contribution is -2.16. The van der Waals surface area contributed by atoms with Crippen molar-refractivity contribution >= 4 is 39.7 Å². The highest BCUT2D eigenvalue weighted by atomic mass is 35.5. The Hall–Kier alpha value is -2.83. The molecule has 0 N–H and O–H groups in total. The second kappa shape index (κ2) is 7.94. The molecule has 2 atom stereocenters. The van der Waals surface area contributed by atoms with Gasteiger partial charge in [-0.1, -0.05) is 56.6 Å². The average Bonchev–Trinajstić information content (AvgIpc) is 3.37. The average molecular weight is 465 g/mol. The molecule has 0 aliphatic heterocycles. The number of benzene rings is 2. The van der Waals surface area contributed by atoms with E-state index in [0.29, 0.717) is 32.5 Å². The van der Waals surface area contributed by atoms with Crippen LogP contribution in [0, 0.1) is 0 Å². The van der Waals surface area contributed by atoms with Gasteiger partial charge in [0.25, 0.3) is 0 Å². The highest BCUT2D eigenvalue weighted by molar-refractivity contribution is 7.11. The number of ketones is 1. The summed E-state index contributed by atoms with van der Waals surface area (Å²) in [6.45, 7) is 6.26. The van der Waals surface area contributed by atoms with Crippen LogP contribution in [0.4, 0.5) is 0 Å². The van der Waals surface area contributed by atoms with Gasteiger partial charge in [-0.15, -0.1) is 21.5 Å². The fraction of sp³-hybridized carbons (Fsp3) is 0.280. The smallest absolute Gasteiger partial charge is 0.209 e. The van der Waals surface area contributed by atoms with Gasteiger partial charge in [0.15, 0.2) is 11.2 Å². The molecule has 162 valence electrons. The molecule has 5 nitrogen and oxygen atoms in total. The third-order valence-corrected chi connectivity index (χ3v) is 7.44. The summed E-state index contributed by atoms with van der Waals surface area (Å²) >= 11 is 7.57. The Kier molecular flexibility index (Phi) is 5.22. The zero-order valence-corrected chi connectivity index (χ0v) is 19.5. The first kappa shape index (κ1) is 21.0. The second-order valence-corrected chi connectivity index (χ2v) is 9.87. The van der Waals surface area contributed by atoms with E-state index in [4.69, 9.17) is 16.0 Å². The summed E-state index contributed by atoms with van der Waals surface area (Å²) in [6, 6.07) is 13.0. The van der Waals surface area contributed by atoms with Crippen molar-refractivity contribution < 1.29 is 9.21 Å². The fourth-order valence-electron chi connectivity index (χ4n) is 4.34. The molecule has 0 saturated carbocycles. The largest absolute Gasteiger partial charge is 0.452 e. The number of hydrogen-bond donors (Lipinski definition) is 0. The van der Waals surface area contributed by atoms with Gasteiger partial charge < -0.3 is 4.42 Å². The fourth-order valence-corrected chi connectivity index (χ4v) is 5.44. The third kappa shape index (κ3) is 3.29. The first-order valence-electron chi connectivity index (χ1n) is 10.6. The zero-order valence-electron chi connectivity index (χ0n) is 17.9. The molecule has 0 saturated heterocycles. The maximum absolute atomic E-state index is 13.6. The van der Waals surface area contributed by atoms with Crippen LogP contribution in [0.3, 0.4) is 0 Å². The number of aromatic nitrogens is 2. The molecule has 2 unspecified atom stereocenters. The van der Waals surface area contributed by atoms with E-state index in [1.165, 1.54) is 16.9 Å². The summed E-state index contributed by atoms with van der Waals surface area (Å²) in [7, 11) is 0. The van der Waals surface area contributed by atoms with Crippen LogP contribution in [0.1, 0.15) is 75.8 Å². The maximum atomic E-state index is 13.6. The zero-order chi connectivity index (χ0) is 22.6. The molecule has 0 spiro atoms. The molecular weight excluding hydrogens is 444 g/mol. The summed E-state index contributed by atoms with van der Waals surface area (Å²) in [5.74, 6) is -0.872. The lowest BCUT2D eigenvalue weighted by molar-refractivity contribution is 0.0945. The quantitative estimate of drug-likeness (QED) is 0.365. The molecule has 32 heavy (non-hydrogen) atoms. The molecule has 2 aromatic carbocycles. The molecule has 0 amide bonds. The van der Waals surface area contributed by atoms with Gasteiger partial charge in [-0.25, -0.2) is 0 Å². The van der Waals surface area contributed by atoms with E-state index in [2.05, 4.69) is 36.2 Å². The van der Waals surface area contributed by atoms with E-state index in [1.807, 2.05) is 19.1 Å². The van der Waals surface area contributed by atoms with Gasteiger partial charge in [-0.3, -0.25) is 9.59 Å². The Morgan fingerprint density at radius 3 is 2.47 bits per heavy atom. The van der Waals surface area contributed by atoms with E-state index < -0.39 is 11.8 Å². The van der Waals surface area contributed by atoms with Crippen LogP contribution in [-0.2, 0) is 6.42 Å². The number of Topliss-reactive ketones (excluding diaryl/α,β-unsaturated/α-hetero) is 1. The highest BCUT2D eigenvalue weighted by Crippen LogP contribution is 2.48. The van der Waals surface area contributed by atoms with Gasteiger partial charge >= 0.3 is 0 Å². The van der Waals surface area contributed by atoms with Crippen molar-refractivity contribution in [1.82, 2.24) is 10.2 Å². The van der Waals surface area contributed by atoms with Crippen molar-refractivity contribution in [2.45, 2.75) is 44.9 Å². The number of fused-ring (bicyclic) bond motifs is 2. The van der Waals surface area contributed by atoms with Crippen LogP contribution >= 0.6 is 22.9 Å². The van der Waals surface area contributed by atoms with Crippen LogP contribution in [0.25, 0.3) is 11.0 Å². The molecule has 2 heterocycles. The molecular formula is C25H21ClN2O3S. The Morgan fingerprint density at radius 2 is 1.81 bits per heavy atom. The van der Waals surface area contributed by atoms with Gasteiger partial charge in [0.05, 0.1) is 16.9 Å². The minimum atomic E-state index is -0.642. The van der Waals surface area contributed by atoms with Crippen LogP contribution in [0.5, 0.6) is 0 Å². The number of carbonyl (C=O) groups excluding carboxylic acids is 1. The minimum absolute atomic E-state index is 0.112. The first-order chi connectivity index (χ1) is 15.4. The number of halogens is 1. The predicted octanol–water partition coefficient (Wildman–Crippen LogP) is 6.10. The van der Waals surface area contributed by atoms with E-state index in [0.717, 1.165) is 17.0 Å². The number of aryl methyl sites for hydroxylation is 1. The lowest BCUT2D eigenvalue weighted by Gasteiger charge is -2.18. The molecule has 0 fully saturated rings. The Bertz CT molecular complexity index is 1410. The topological polar surface area (TPSA) is 73.1 Å². The summed E-state index contributed by atoms with van der Waals surface area (Å²) in [4.78, 5) is 27.2. The number of carbonyl (C=O) groups is 1. The van der Waals surface area contributed by atoms with Crippen LogP contribution in [0.2, 0.25) is 5.02 Å². The monoisotopic (exact) mass is 464 g/mol. The lowest BCUT2D eigenvalue weighted by atomic mass is 9.84. The number of rotatable bonds is 4. The van der Waals surface area contributed by atoms with Crippen molar-refractivity contribution in [3.63, 3.8) is 0 Å². The van der Waals surface area contributed by atoms with Gasteiger partial charge in [0, 0.05) is 10.9 Å². The molecule has 1 aliphatic carbocycles. The van der Waals surface area contributed by atoms with Gasteiger partial charge in [0.1, 0.15) is 15.6 Å². The molecule has 7 heteroatoms. The Morgan fingerprint density at radius 1 is 1.06 bits per heavy atom. The van der Waals surface area contributed by atoms with Crippen molar-refractivity contribution in [2.75, 3.05) is 0 Å². The number of hydrogen-bond acceptors (Lipinski definition) is 6. The highest BCUT2D eigenvalue weighted by Gasteiger charge is 2.47. The molecule has 0 radical (unpaired) electrons. The molecule has 5 rings (SSSR count). The van der Waals surface area contributed by atoms with Crippen molar-refractivity contribution in [1.29, 1.82) is 0 Å². The van der Waals surface area contributed by atoms with Gasteiger partial charge in [-0.05, 0) is 41.7 Å². The molecule has 2 aromatic heterocycles. The maximum Gasteiger partial charge on any atom is 0.209 e. The van der Waals surface area contributed by atoms with Gasteiger partial charge in [-0.2, -0.15) is 0 Å². The summed E-state index contributed by atoms with van der Waals surface area (Å²) < 4.78 is 6.00. The predicted molar refractivity (Wildman–Crippen MR) is 126 cm³/mol. The van der Waals surface area contributed by atoms with Crippen molar-refractivity contribution in [3.8, 4) is 0 Å². The van der Waals surface area contributed by atoms with Crippen molar-refractivity contribution in [3.05, 3.63) is 90.2 Å². The summed E-state index contributed by atoms with van der Waals surface area (Å²) in [6.07, 6.45) is 0.735. The Balaban J connectivity index is 1.77. The normalized spacial score (nSPS) is 18.0. The van der Waals surface area contributed by atoms with E-state index in [9.17, 15) is 9.59 Å². The standard InChI is InChI=1S/C25H21ClN2O3S/c1-4-18-27-28-25(32-18)21-19(14-7-5-13(6-8-14)12(2)3)20-22(29)16-11-15(26)9-10-17(16)31-24(20)23(21)30/h5-12,19,21H,4H2,1-3H3. The molecule has 0 bridgehead atoms. The summed E-state index contributed by atoms with van der Waals surface area (Å²) in [5.41, 5.74) is 2.58. The SMILES string of the molecule is CCc1nnc(C2C(=O)c3oc4ccc(Cl)cc4c(=O)c3C2c2ccc(C(C)C)cc2)s1.